The molecule has 1 saturated carbocycles. The second-order valence-electron chi connectivity index (χ2n) is 10.0. The number of nitrogens with one attached hydrogen (secondary N) is 3. The van der Waals surface area contributed by atoms with Crippen LogP contribution < -0.4 is 21.5 Å². The van der Waals surface area contributed by atoms with Crippen molar-refractivity contribution in [1.82, 2.24) is 25.5 Å². The second-order valence-corrected chi connectivity index (χ2v) is 10.0. The van der Waals surface area contributed by atoms with Gasteiger partial charge in [0.05, 0.1) is 11.7 Å². The van der Waals surface area contributed by atoms with E-state index in [1.54, 1.807) is 17.8 Å². The molecule has 3 N–H and O–H groups in total. The Labute approximate surface area is 194 Å². The van der Waals surface area contributed by atoms with Crippen LogP contribution in [0.1, 0.15) is 63.1 Å². The maximum absolute atomic E-state index is 13.2. The van der Waals surface area contributed by atoms with E-state index in [-0.39, 0.29) is 35.4 Å². The summed E-state index contributed by atoms with van der Waals surface area (Å²) in [5, 5.41) is 9.60. The molecule has 0 radical (unpaired) electrons. The Balaban J connectivity index is 1.47. The number of rotatable bonds is 3. The van der Waals surface area contributed by atoms with Gasteiger partial charge in [0.25, 0.3) is 5.56 Å². The maximum atomic E-state index is 13.2. The summed E-state index contributed by atoms with van der Waals surface area (Å²) >= 11 is 0. The Hall–Kier alpha value is -2.74. The second kappa shape index (κ2) is 9.63. The third-order valence-corrected chi connectivity index (χ3v) is 7.45. The van der Waals surface area contributed by atoms with Crippen LogP contribution in [0.15, 0.2) is 23.1 Å². The van der Waals surface area contributed by atoms with Crippen molar-refractivity contribution in [2.75, 3.05) is 6.54 Å². The molecule has 1 aliphatic heterocycles. The SMILES string of the molecule is Cc1cc2c(cn1)cc(C1CC(C(=O)NC(=O)NC3CC(C)CCN3)CCC1C)c(=O)n2C. The minimum atomic E-state index is -0.454. The van der Waals surface area contributed by atoms with Crippen LogP contribution in [0.25, 0.3) is 10.9 Å². The molecule has 5 atom stereocenters. The molecule has 2 aromatic rings. The molecule has 2 aliphatic rings. The smallest absolute Gasteiger partial charge is 0.322 e. The first-order valence-electron chi connectivity index (χ1n) is 12.0. The number of fused-ring (bicyclic) bond motifs is 1. The molecule has 3 amide bonds. The molecule has 1 aliphatic carbocycles. The Morgan fingerprint density at radius 1 is 1.15 bits per heavy atom. The highest BCUT2D eigenvalue weighted by atomic mass is 16.2. The highest BCUT2D eigenvalue weighted by Crippen LogP contribution is 2.40. The number of imide groups is 1. The van der Waals surface area contributed by atoms with E-state index in [4.69, 9.17) is 0 Å². The lowest BCUT2D eigenvalue weighted by atomic mass is 9.71. The van der Waals surface area contributed by atoms with Gasteiger partial charge in [-0.2, -0.15) is 0 Å². The van der Waals surface area contributed by atoms with Gasteiger partial charge in [-0.25, -0.2) is 4.79 Å². The molecule has 33 heavy (non-hydrogen) atoms. The number of hydrogen-bond donors (Lipinski definition) is 3. The van der Waals surface area contributed by atoms with Crippen molar-refractivity contribution in [3.63, 3.8) is 0 Å². The molecule has 1 saturated heterocycles. The molecule has 2 fully saturated rings. The van der Waals surface area contributed by atoms with Gasteiger partial charge in [0.2, 0.25) is 5.91 Å². The normalized spacial score (nSPS) is 27.8. The van der Waals surface area contributed by atoms with Gasteiger partial charge in [-0.1, -0.05) is 13.8 Å². The molecule has 0 aromatic carbocycles. The van der Waals surface area contributed by atoms with Gasteiger partial charge < -0.3 is 9.88 Å². The van der Waals surface area contributed by atoms with E-state index in [1.807, 2.05) is 19.1 Å². The minimum absolute atomic E-state index is 0.0266. The van der Waals surface area contributed by atoms with Crippen LogP contribution in [-0.4, -0.2) is 34.2 Å². The molecule has 2 aromatic heterocycles. The van der Waals surface area contributed by atoms with Gasteiger partial charge in [-0.05, 0) is 75.5 Å². The van der Waals surface area contributed by atoms with E-state index >= 15 is 0 Å². The fourth-order valence-corrected chi connectivity index (χ4v) is 5.37. The average Bonchev–Trinajstić information content (AvgIpc) is 2.77. The number of piperidine rings is 1. The van der Waals surface area contributed by atoms with E-state index in [9.17, 15) is 14.4 Å². The third kappa shape index (κ3) is 5.11. The first kappa shape index (κ1) is 23.4. The Morgan fingerprint density at radius 2 is 1.94 bits per heavy atom. The summed E-state index contributed by atoms with van der Waals surface area (Å²) in [6.45, 7) is 7.07. The minimum Gasteiger partial charge on any atom is -0.322 e. The number of carbonyl (C=O) groups excluding carboxylic acids is 2. The average molecular weight is 454 g/mol. The maximum Gasteiger partial charge on any atom is 0.322 e. The van der Waals surface area contributed by atoms with Gasteiger partial charge >= 0.3 is 6.03 Å². The molecule has 4 rings (SSSR count). The van der Waals surface area contributed by atoms with Gasteiger partial charge in [0.15, 0.2) is 0 Å². The van der Waals surface area contributed by atoms with Crippen molar-refractivity contribution in [2.24, 2.45) is 24.8 Å². The van der Waals surface area contributed by atoms with Crippen molar-refractivity contribution in [3.05, 3.63) is 39.9 Å². The first-order chi connectivity index (χ1) is 15.7. The fourth-order valence-electron chi connectivity index (χ4n) is 5.37. The number of aryl methyl sites for hydroxylation is 2. The molecule has 3 heterocycles. The lowest BCUT2D eigenvalue weighted by Crippen LogP contribution is -2.54. The van der Waals surface area contributed by atoms with Gasteiger partial charge in [0.1, 0.15) is 0 Å². The number of aromatic nitrogens is 2. The summed E-state index contributed by atoms with van der Waals surface area (Å²) in [5.41, 5.74) is 2.42. The van der Waals surface area contributed by atoms with Crippen LogP contribution >= 0.6 is 0 Å². The zero-order chi connectivity index (χ0) is 23.7. The lowest BCUT2D eigenvalue weighted by molar-refractivity contribution is -0.125. The Morgan fingerprint density at radius 3 is 2.70 bits per heavy atom. The van der Waals surface area contributed by atoms with Crippen LogP contribution in [0.5, 0.6) is 0 Å². The molecular formula is C25H35N5O3. The fraction of sp³-hybridized carbons (Fsp3) is 0.600. The summed E-state index contributed by atoms with van der Waals surface area (Å²) < 4.78 is 1.68. The summed E-state index contributed by atoms with van der Waals surface area (Å²) in [6, 6.07) is 3.40. The molecule has 178 valence electrons. The number of nitrogens with zero attached hydrogens (tertiary/aromatic N) is 2. The van der Waals surface area contributed by atoms with Crippen LogP contribution in [0, 0.1) is 24.7 Å². The van der Waals surface area contributed by atoms with Crippen LogP contribution in [0.4, 0.5) is 4.79 Å². The van der Waals surface area contributed by atoms with E-state index in [0.717, 1.165) is 48.0 Å². The highest BCUT2D eigenvalue weighted by molar-refractivity contribution is 5.95. The number of pyridine rings is 2. The summed E-state index contributed by atoms with van der Waals surface area (Å²) in [7, 11) is 1.79. The van der Waals surface area contributed by atoms with Crippen molar-refractivity contribution in [2.45, 2.75) is 65.0 Å². The predicted octanol–water partition coefficient (Wildman–Crippen LogP) is 2.93. The molecule has 5 unspecified atom stereocenters. The van der Waals surface area contributed by atoms with Gasteiger partial charge in [-0.3, -0.25) is 25.2 Å². The van der Waals surface area contributed by atoms with Crippen molar-refractivity contribution < 1.29 is 9.59 Å². The quantitative estimate of drug-likeness (QED) is 0.663. The van der Waals surface area contributed by atoms with E-state index in [1.165, 1.54) is 0 Å². The number of hydrogen-bond acceptors (Lipinski definition) is 5. The third-order valence-electron chi connectivity index (χ3n) is 7.45. The number of carbonyl (C=O) groups is 2. The van der Waals surface area contributed by atoms with Gasteiger partial charge in [-0.15, -0.1) is 0 Å². The van der Waals surface area contributed by atoms with Crippen LogP contribution in [0.3, 0.4) is 0 Å². The Kier molecular flexibility index (Phi) is 6.83. The largest absolute Gasteiger partial charge is 0.322 e. The summed E-state index contributed by atoms with van der Waals surface area (Å²) in [4.78, 5) is 42.9. The zero-order valence-corrected chi connectivity index (χ0v) is 20.0. The molecule has 0 spiro atoms. The standard InChI is InChI=1S/C25H35N5O3/c1-14-7-8-26-22(9-14)28-25(33)29-23(31)17-6-5-15(2)19(11-17)20-12-18-13-27-16(3)10-21(18)30(4)24(20)32/h10,12-15,17,19,22,26H,5-9,11H2,1-4H3,(H2,28,29,31,33). The van der Waals surface area contributed by atoms with Crippen molar-refractivity contribution >= 4 is 22.8 Å². The topological polar surface area (TPSA) is 105 Å². The Bertz CT molecular complexity index is 1110. The van der Waals surface area contributed by atoms with E-state index < -0.39 is 6.03 Å². The lowest BCUT2D eigenvalue weighted by Gasteiger charge is -2.34. The molecule has 8 nitrogen and oxygen atoms in total. The van der Waals surface area contributed by atoms with E-state index in [2.05, 4.69) is 34.8 Å². The first-order valence-corrected chi connectivity index (χ1v) is 12.0. The molecule has 8 heteroatoms. The number of amides is 3. The van der Waals surface area contributed by atoms with Crippen molar-refractivity contribution in [1.29, 1.82) is 0 Å². The predicted molar refractivity (Wildman–Crippen MR) is 128 cm³/mol. The monoisotopic (exact) mass is 453 g/mol. The van der Waals surface area contributed by atoms with Crippen LogP contribution in [0.2, 0.25) is 0 Å². The van der Waals surface area contributed by atoms with Crippen LogP contribution in [-0.2, 0) is 11.8 Å². The van der Waals surface area contributed by atoms with Crippen molar-refractivity contribution in [3.8, 4) is 0 Å². The van der Waals surface area contributed by atoms with Gasteiger partial charge in [0, 0.05) is 35.8 Å². The molecule has 0 bridgehead atoms. The zero-order valence-electron chi connectivity index (χ0n) is 20.0. The van der Waals surface area contributed by atoms with E-state index in [0.29, 0.717) is 18.8 Å². The molecular weight excluding hydrogens is 418 g/mol. The highest BCUT2D eigenvalue weighted by Gasteiger charge is 2.35. The summed E-state index contributed by atoms with van der Waals surface area (Å²) in [6.07, 6.45) is 5.73. The number of urea groups is 1. The summed E-state index contributed by atoms with van der Waals surface area (Å²) in [5.74, 6) is 0.216.